The third kappa shape index (κ3) is 5.50. The Bertz CT molecular complexity index is 884. The molecule has 3 nitrogen and oxygen atoms in total. The normalized spacial score (nSPS) is 16.3. The number of hydrogen-bond donors (Lipinski definition) is 0. The van der Waals surface area contributed by atoms with E-state index in [0.29, 0.717) is 0 Å². The van der Waals surface area contributed by atoms with Gasteiger partial charge in [-0.05, 0) is 46.5 Å². The second-order valence-electron chi connectivity index (χ2n) is 7.31. The van der Waals surface area contributed by atoms with Crippen molar-refractivity contribution in [2.45, 2.75) is 23.1 Å². The first-order chi connectivity index (χ1) is 14.3. The van der Waals surface area contributed by atoms with Crippen molar-refractivity contribution in [1.82, 2.24) is 9.80 Å². The van der Waals surface area contributed by atoms with Crippen LogP contribution in [-0.2, 0) is 11.3 Å². The van der Waals surface area contributed by atoms with Gasteiger partial charge in [0.2, 0.25) is 5.91 Å². The summed E-state index contributed by atoms with van der Waals surface area (Å²) < 4.78 is 0. The molecule has 1 saturated heterocycles. The fraction of sp³-hybridized carbons (Fsp3) is 0.292. The minimum atomic E-state index is -0.206. The zero-order valence-corrected chi connectivity index (χ0v) is 18.1. The van der Waals surface area contributed by atoms with Gasteiger partial charge in [-0.25, -0.2) is 0 Å². The van der Waals surface area contributed by atoms with Gasteiger partial charge in [-0.2, -0.15) is 11.3 Å². The first kappa shape index (κ1) is 20.2. The molecule has 1 atom stereocenters. The Kier molecular flexibility index (Phi) is 7.04. The molecule has 29 heavy (non-hydrogen) atoms. The summed E-state index contributed by atoms with van der Waals surface area (Å²) in [5.41, 5.74) is 2.45. The van der Waals surface area contributed by atoms with Gasteiger partial charge in [0.05, 0.1) is 0 Å². The highest BCUT2D eigenvalue weighted by molar-refractivity contribution is 8.00. The largest absolute Gasteiger partial charge is 0.340 e. The Balaban J connectivity index is 1.46. The molecule has 1 fully saturated rings. The van der Waals surface area contributed by atoms with E-state index in [2.05, 4.69) is 50.9 Å². The summed E-state index contributed by atoms with van der Waals surface area (Å²) in [6, 6.07) is 22.6. The van der Waals surface area contributed by atoms with Crippen LogP contribution in [0.4, 0.5) is 0 Å². The van der Waals surface area contributed by atoms with Crippen molar-refractivity contribution < 1.29 is 4.79 Å². The molecule has 4 rings (SSSR count). The molecule has 0 aliphatic carbocycles. The molecular weight excluding hydrogens is 396 g/mol. The number of amides is 1. The highest BCUT2D eigenvalue weighted by Crippen LogP contribution is 2.36. The molecular formula is C24H26N2OS2. The lowest BCUT2D eigenvalue weighted by atomic mass is 10.1. The van der Waals surface area contributed by atoms with E-state index < -0.39 is 0 Å². The Hall–Kier alpha value is -2.08. The summed E-state index contributed by atoms with van der Waals surface area (Å²) >= 11 is 3.40. The number of thiophene rings is 1. The molecule has 1 aliphatic heterocycles. The quantitative estimate of drug-likeness (QED) is 0.503. The van der Waals surface area contributed by atoms with Crippen molar-refractivity contribution in [1.29, 1.82) is 0 Å². The fourth-order valence-electron chi connectivity index (χ4n) is 3.68. The molecule has 3 aromatic rings. The van der Waals surface area contributed by atoms with Gasteiger partial charge in [0.15, 0.2) is 0 Å². The maximum atomic E-state index is 13.6. The van der Waals surface area contributed by atoms with E-state index >= 15 is 0 Å². The van der Waals surface area contributed by atoms with Crippen LogP contribution in [0.2, 0.25) is 0 Å². The van der Waals surface area contributed by atoms with Crippen molar-refractivity contribution in [3.8, 4) is 0 Å². The molecule has 0 radical (unpaired) electrons. The van der Waals surface area contributed by atoms with Gasteiger partial charge in [-0.3, -0.25) is 9.69 Å². The maximum Gasteiger partial charge on any atom is 0.240 e. The molecule has 0 bridgehead atoms. The Labute approximate surface area is 181 Å². The average Bonchev–Trinajstić information content (AvgIpc) is 3.17. The van der Waals surface area contributed by atoms with E-state index in [0.717, 1.165) is 49.6 Å². The lowest BCUT2D eigenvalue weighted by Gasteiger charge is -2.26. The van der Waals surface area contributed by atoms with Gasteiger partial charge in [-0.1, -0.05) is 48.5 Å². The number of carbonyl (C=O) groups excluding carboxylic acids is 1. The van der Waals surface area contributed by atoms with Crippen LogP contribution >= 0.6 is 23.1 Å². The standard InChI is InChI=1S/C24H26N2OS2/c27-24(26-14-7-13-25(15-16-26)18-20-12-17-28-19-20)23(21-8-3-1-4-9-21)29-22-10-5-2-6-11-22/h1-6,8-12,17,19,23H,7,13-16,18H2. The molecule has 1 aromatic heterocycles. The zero-order chi connectivity index (χ0) is 19.9. The summed E-state index contributed by atoms with van der Waals surface area (Å²) in [6.45, 7) is 4.58. The van der Waals surface area contributed by atoms with Crippen LogP contribution in [0, 0.1) is 0 Å². The van der Waals surface area contributed by atoms with Crippen LogP contribution < -0.4 is 0 Å². The van der Waals surface area contributed by atoms with E-state index in [4.69, 9.17) is 0 Å². The van der Waals surface area contributed by atoms with Gasteiger partial charge in [-0.15, -0.1) is 11.8 Å². The fourth-order valence-corrected chi connectivity index (χ4v) is 5.47. The summed E-state index contributed by atoms with van der Waals surface area (Å²) in [6.07, 6.45) is 1.02. The molecule has 2 aromatic carbocycles. The second-order valence-corrected chi connectivity index (χ2v) is 9.27. The highest BCUT2D eigenvalue weighted by atomic mass is 32.2. The first-order valence-electron chi connectivity index (χ1n) is 10.1. The number of hydrogen-bond acceptors (Lipinski definition) is 4. The highest BCUT2D eigenvalue weighted by Gasteiger charge is 2.28. The van der Waals surface area contributed by atoms with Crippen molar-refractivity contribution in [2.75, 3.05) is 26.2 Å². The molecule has 1 unspecified atom stereocenters. The van der Waals surface area contributed by atoms with Crippen LogP contribution in [0.5, 0.6) is 0 Å². The van der Waals surface area contributed by atoms with Crippen molar-refractivity contribution in [3.05, 3.63) is 88.6 Å². The van der Waals surface area contributed by atoms with Gasteiger partial charge in [0.1, 0.15) is 5.25 Å². The third-order valence-electron chi connectivity index (χ3n) is 5.21. The van der Waals surface area contributed by atoms with Crippen LogP contribution in [0.15, 0.2) is 82.4 Å². The molecule has 5 heteroatoms. The lowest BCUT2D eigenvalue weighted by molar-refractivity contribution is -0.130. The minimum absolute atomic E-state index is 0.206. The molecule has 1 amide bonds. The number of thioether (sulfide) groups is 1. The zero-order valence-electron chi connectivity index (χ0n) is 16.4. The van der Waals surface area contributed by atoms with E-state index in [1.54, 1.807) is 23.1 Å². The van der Waals surface area contributed by atoms with Crippen molar-refractivity contribution in [2.24, 2.45) is 0 Å². The van der Waals surface area contributed by atoms with Gasteiger partial charge < -0.3 is 4.90 Å². The smallest absolute Gasteiger partial charge is 0.240 e. The van der Waals surface area contributed by atoms with E-state index in [-0.39, 0.29) is 11.2 Å². The maximum absolute atomic E-state index is 13.6. The number of carbonyl (C=O) groups is 1. The van der Waals surface area contributed by atoms with Crippen molar-refractivity contribution >= 4 is 29.0 Å². The predicted octanol–water partition coefficient (Wildman–Crippen LogP) is 5.32. The Morgan fingerprint density at radius 3 is 2.41 bits per heavy atom. The van der Waals surface area contributed by atoms with E-state index in [1.807, 2.05) is 36.4 Å². The summed E-state index contributed by atoms with van der Waals surface area (Å²) in [4.78, 5) is 19.2. The first-order valence-corrected chi connectivity index (χ1v) is 11.9. The number of nitrogens with zero attached hydrogens (tertiary/aromatic N) is 2. The van der Waals surface area contributed by atoms with E-state index in [9.17, 15) is 4.79 Å². The number of rotatable bonds is 6. The molecule has 1 aliphatic rings. The summed E-state index contributed by atoms with van der Waals surface area (Å²) in [5, 5.41) is 4.14. The summed E-state index contributed by atoms with van der Waals surface area (Å²) in [5.74, 6) is 0.224. The predicted molar refractivity (Wildman–Crippen MR) is 122 cm³/mol. The van der Waals surface area contributed by atoms with Gasteiger partial charge >= 0.3 is 0 Å². The van der Waals surface area contributed by atoms with Crippen LogP contribution in [0.1, 0.15) is 22.8 Å². The van der Waals surface area contributed by atoms with Crippen LogP contribution in [-0.4, -0.2) is 41.9 Å². The molecule has 0 N–H and O–H groups in total. The molecule has 150 valence electrons. The van der Waals surface area contributed by atoms with Crippen LogP contribution in [0.3, 0.4) is 0 Å². The monoisotopic (exact) mass is 422 g/mol. The minimum Gasteiger partial charge on any atom is -0.340 e. The Morgan fingerprint density at radius 1 is 0.931 bits per heavy atom. The van der Waals surface area contributed by atoms with Crippen LogP contribution in [0.25, 0.3) is 0 Å². The molecule has 2 heterocycles. The molecule has 0 saturated carbocycles. The third-order valence-corrected chi connectivity index (χ3v) is 7.20. The average molecular weight is 423 g/mol. The van der Waals surface area contributed by atoms with E-state index in [1.165, 1.54) is 5.56 Å². The second kappa shape index (κ2) is 10.1. The van der Waals surface area contributed by atoms with Gasteiger partial charge in [0, 0.05) is 37.6 Å². The summed E-state index contributed by atoms with van der Waals surface area (Å²) in [7, 11) is 0. The Morgan fingerprint density at radius 2 is 1.69 bits per heavy atom. The van der Waals surface area contributed by atoms with Crippen molar-refractivity contribution in [3.63, 3.8) is 0 Å². The lowest BCUT2D eigenvalue weighted by Crippen LogP contribution is -2.37. The van der Waals surface area contributed by atoms with Gasteiger partial charge in [0.25, 0.3) is 0 Å². The SMILES string of the molecule is O=C(C(Sc1ccccc1)c1ccccc1)N1CCCN(Cc2ccsc2)CC1. The molecule has 0 spiro atoms. The number of benzene rings is 2. The topological polar surface area (TPSA) is 23.6 Å².